The minimum Gasteiger partial charge on any atom is -0.338 e. The lowest BCUT2D eigenvalue weighted by molar-refractivity contribution is -0.0439. The molecule has 1 aromatic heterocycles. The summed E-state index contributed by atoms with van der Waals surface area (Å²) < 4.78 is 124. The third kappa shape index (κ3) is 4.63. The second-order valence-electron chi connectivity index (χ2n) is 7.39. The Morgan fingerprint density at radius 2 is 1.36 bits per heavy atom. The fourth-order valence-electron chi connectivity index (χ4n) is 3.27. The minimum absolute atomic E-state index is 0.144. The van der Waals surface area contributed by atoms with Crippen LogP contribution >= 0.6 is 0 Å². The molecule has 190 valence electrons. The third-order valence-electron chi connectivity index (χ3n) is 5.01. The highest BCUT2D eigenvalue weighted by Gasteiger charge is 2.47. The first-order chi connectivity index (χ1) is 16.6. The number of aromatic amines is 1. The first-order valence-corrected chi connectivity index (χ1v) is 12.7. The van der Waals surface area contributed by atoms with Crippen LogP contribution in [0.15, 0.2) is 71.6 Å². The van der Waals surface area contributed by atoms with Crippen molar-refractivity contribution in [1.29, 1.82) is 0 Å². The van der Waals surface area contributed by atoms with Crippen LogP contribution in [0.25, 0.3) is 33.5 Å². The monoisotopic (exact) mass is 549 g/mol. The average Bonchev–Trinajstić information content (AvgIpc) is 3.21. The van der Waals surface area contributed by atoms with Gasteiger partial charge in [-0.15, -0.1) is 0 Å². The van der Waals surface area contributed by atoms with Crippen molar-refractivity contribution in [2.75, 3.05) is 4.72 Å². The van der Waals surface area contributed by atoms with E-state index in [1.807, 2.05) is 0 Å². The Kier molecular flexibility index (Phi) is 6.03. The molecule has 0 spiro atoms. The zero-order chi connectivity index (χ0) is 26.5. The molecule has 0 saturated carbocycles. The van der Waals surface area contributed by atoms with Gasteiger partial charge in [-0.1, -0.05) is 24.3 Å². The highest BCUT2D eigenvalue weighted by atomic mass is 32.2. The highest BCUT2D eigenvalue weighted by molar-refractivity contribution is 7.93. The maximum absolute atomic E-state index is 12.8. The van der Waals surface area contributed by atoms with E-state index in [2.05, 4.69) is 9.97 Å². The summed E-state index contributed by atoms with van der Waals surface area (Å²) in [7, 11) is -11.2. The van der Waals surface area contributed by atoms with Crippen molar-refractivity contribution in [1.82, 2.24) is 9.97 Å². The molecular weight excluding hydrogens is 536 g/mol. The molecule has 0 unspecified atom stereocenters. The number of aromatic nitrogens is 2. The van der Waals surface area contributed by atoms with Crippen molar-refractivity contribution >= 4 is 36.6 Å². The summed E-state index contributed by atoms with van der Waals surface area (Å²) in [6, 6.07) is 13.8. The molecule has 0 atom stereocenters. The number of para-hydroxylation sites is 1. The Labute approximate surface area is 199 Å². The van der Waals surface area contributed by atoms with Gasteiger partial charge in [0.1, 0.15) is 5.82 Å². The van der Waals surface area contributed by atoms with E-state index >= 15 is 0 Å². The van der Waals surface area contributed by atoms with Gasteiger partial charge in [-0.25, -0.2) is 13.4 Å². The van der Waals surface area contributed by atoms with Gasteiger partial charge in [0.25, 0.3) is 9.84 Å². The molecule has 4 aromatic rings. The number of imidazole rings is 1. The number of sulfonamides is 1. The largest absolute Gasteiger partial charge is 0.516 e. The number of halogens is 6. The third-order valence-corrected chi connectivity index (χ3v) is 7.61. The quantitative estimate of drug-likeness (QED) is 0.322. The molecule has 0 aliphatic carbocycles. The van der Waals surface area contributed by atoms with Gasteiger partial charge in [-0.05, 0) is 48.0 Å². The molecule has 3 aromatic carbocycles. The molecule has 0 aliphatic heterocycles. The van der Waals surface area contributed by atoms with Crippen LogP contribution in [0.1, 0.15) is 0 Å². The van der Waals surface area contributed by atoms with Crippen molar-refractivity contribution < 1.29 is 43.2 Å². The standard InChI is InChI=1S/C21H13F6N3O4S2/c22-20(23,24)35(31,32)14-8-5-12(6-9-14)19-28-17-10-7-13(11-18(17)29-19)15-3-1-2-4-16(15)30-36(33,34)21(25,26)27/h1-11,30H,(H,28,29). The Bertz CT molecular complexity index is 1660. The lowest BCUT2D eigenvalue weighted by atomic mass is 10.0. The van der Waals surface area contributed by atoms with Gasteiger partial charge in [0, 0.05) is 11.1 Å². The van der Waals surface area contributed by atoms with Crippen molar-refractivity contribution in [3.05, 3.63) is 66.7 Å². The second-order valence-corrected chi connectivity index (χ2v) is 11.0. The topological polar surface area (TPSA) is 109 Å². The van der Waals surface area contributed by atoms with Crippen LogP contribution in [-0.4, -0.2) is 37.8 Å². The molecule has 1 heterocycles. The van der Waals surface area contributed by atoms with Crippen LogP contribution in [0.3, 0.4) is 0 Å². The number of H-pyrrole nitrogens is 1. The van der Waals surface area contributed by atoms with Gasteiger partial charge < -0.3 is 4.98 Å². The summed E-state index contributed by atoms with van der Waals surface area (Å²) in [6.07, 6.45) is 0. The minimum atomic E-state index is -5.66. The number of nitrogens with zero attached hydrogens (tertiary/aromatic N) is 1. The number of alkyl halides is 6. The van der Waals surface area contributed by atoms with E-state index < -0.39 is 35.8 Å². The maximum atomic E-state index is 12.8. The fraction of sp³-hybridized carbons (Fsp3) is 0.0952. The van der Waals surface area contributed by atoms with E-state index in [0.29, 0.717) is 16.6 Å². The SMILES string of the molecule is O=S(=O)(Nc1ccccc1-c1ccc2nc(-c3ccc(S(=O)(=O)C(F)(F)F)cc3)[nH]c2c1)C(F)(F)F. The Balaban J connectivity index is 1.70. The van der Waals surface area contributed by atoms with E-state index in [9.17, 15) is 43.2 Å². The first-order valence-electron chi connectivity index (χ1n) is 9.70. The zero-order valence-electron chi connectivity index (χ0n) is 17.5. The number of sulfone groups is 1. The molecule has 0 bridgehead atoms. The molecular formula is C21H13F6N3O4S2. The molecule has 2 N–H and O–H groups in total. The van der Waals surface area contributed by atoms with E-state index in [1.165, 1.54) is 41.1 Å². The van der Waals surface area contributed by atoms with E-state index in [4.69, 9.17) is 0 Å². The predicted octanol–water partition coefficient (Wildman–Crippen LogP) is 5.45. The van der Waals surface area contributed by atoms with Gasteiger partial charge in [-0.3, -0.25) is 4.72 Å². The van der Waals surface area contributed by atoms with Gasteiger partial charge >= 0.3 is 21.0 Å². The second kappa shape index (κ2) is 8.51. The average molecular weight is 549 g/mol. The number of benzene rings is 3. The molecule has 36 heavy (non-hydrogen) atoms. The van der Waals surface area contributed by atoms with Crippen molar-refractivity contribution in [2.24, 2.45) is 0 Å². The molecule has 0 radical (unpaired) electrons. The maximum Gasteiger partial charge on any atom is 0.516 e. The van der Waals surface area contributed by atoms with Gasteiger partial charge in [0.2, 0.25) is 0 Å². The Morgan fingerprint density at radius 1 is 0.750 bits per heavy atom. The van der Waals surface area contributed by atoms with Crippen LogP contribution < -0.4 is 4.72 Å². The molecule has 7 nitrogen and oxygen atoms in total. The predicted molar refractivity (Wildman–Crippen MR) is 119 cm³/mol. The zero-order valence-corrected chi connectivity index (χ0v) is 19.1. The number of nitrogens with one attached hydrogen (secondary N) is 2. The van der Waals surface area contributed by atoms with E-state index in [-0.39, 0.29) is 22.6 Å². The molecule has 0 saturated heterocycles. The number of hydrogen-bond acceptors (Lipinski definition) is 5. The summed E-state index contributed by atoms with van der Waals surface area (Å²) >= 11 is 0. The highest BCUT2D eigenvalue weighted by Crippen LogP contribution is 2.34. The van der Waals surface area contributed by atoms with E-state index in [1.54, 1.807) is 0 Å². The summed E-state index contributed by atoms with van der Waals surface area (Å²) in [4.78, 5) is 6.25. The summed E-state index contributed by atoms with van der Waals surface area (Å²) in [5.74, 6) is 0.184. The van der Waals surface area contributed by atoms with Crippen molar-refractivity contribution in [3.8, 4) is 22.5 Å². The first kappa shape index (κ1) is 25.5. The number of hydrogen-bond donors (Lipinski definition) is 2. The summed E-state index contributed by atoms with van der Waals surface area (Å²) in [6.45, 7) is 0. The van der Waals surface area contributed by atoms with Crippen LogP contribution in [0.2, 0.25) is 0 Å². The summed E-state index contributed by atoms with van der Waals surface area (Å²) in [5, 5.41) is 0. The molecule has 4 rings (SSSR count). The lowest BCUT2D eigenvalue weighted by Crippen LogP contribution is -2.30. The lowest BCUT2D eigenvalue weighted by Gasteiger charge is -2.14. The fourth-order valence-corrected chi connectivity index (χ4v) is 4.61. The molecule has 0 amide bonds. The number of fused-ring (bicyclic) bond motifs is 1. The van der Waals surface area contributed by atoms with Crippen molar-refractivity contribution in [2.45, 2.75) is 15.9 Å². The van der Waals surface area contributed by atoms with Crippen LogP contribution in [0.4, 0.5) is 32.0 Å². The van der Waals surface area contributed by atoms with Crippen molar-refractivity contribution in [3.63, 3.8) is 0 Å². The Hall–Kier alpha value is -3.59. The van der Waals surface area contributed by atoms with Gasteiger partial charge in [0.15, 0.2) is 0 Å². The van der Waals surface area contributed by atoms with Gasteiger partial charge in [0.05, 0.1) is 21.6 Å². The normalized spacial score (nSPS) is 13.2. The summed E-state index contributed by atoms with van der Waals surface area (Å²) in [5.41, 5.74) is -9.76. The molecule has 15 heteroatoms. The van der Waals surface area contributed by atoms with Crippen LogP contribution in [-0.2, 0) is 19.9 Å². The van der Waals surface area contributed by atoms with E-state index in [0.717, 1.165) is 30.3 Å². The molecule has 0 fully saturated rings. The smallest absolute Gasteiger partial charge is 0.338 e. The Morgan fingerprint density at radius 3 is 1.97 bits per heavy atom. The number of anilines is 1. The van der Waals surface area contributed by atoms with Crippen LogP contribution in [0, 0.1) is 0 Å². The van der Waals surface area contributed by atoms with Gasteiger partial charge in [-0.2, -0.15) is 34.8 Å². The van der Waals surface area contributed by atoms with Crippen LogP contribution in [0.5, 0.6) is 0 Å². The molecule has 0 aliphatic rings. The number of rotatable bonds is 5.